The van der Waals surface area contributed by atoms with Crippen molar-refractivity contribution in [1.29, 1.82) is 0 Å². The molecule has 1 rings (SSSR count). The molecule has 3 atom stereocenters. The summed E-state index contributed by atoms with van der Waals surface area (Å²) in [6.07, 6.45) is 14.8. The molecule has 0 aromatic carbocycles. The molecule has 0 N–H and O–H groups in total. The van der Waals surface area contributed by atoms with Crippen molar-refractivity contribution >= 4 is 6.29 Å². The monoisotopic (exact) mass is 297 g/mol. The maximum Gasteiger partial charge on any atom is 0.267 e. The molecular weight excluding hydrogens is 266 g/mol. The van der Waals surface area contributed by atoms with E-state index in [0.29, 0.717) is 12.7 Å². The first-order chi connectivity index (χ1) is 10.2. The molecule has 1 aliphatic rings. The third-order valence-electron chi connectivity index (χ3n) is 4.75. The van der Waals surface area contributed by atoms with Crippen LogP contribution in [0.4, 0.5) is 0 Å². The van der Waals surface area contributed by atoms with Gasteiger partial charge in [0.05, 0.1) is 0 Å². The van der Waals surface area contributed by atoms with Crippen LogP contribution in [0, 0.1) is 22.0 Å². The normalized spacial score (nSPS) is 22.0. The lowest BCUT2D eigenvalue weighted by Crippen LogP contribution is -2.20. The highest BCUT2D eigenvalue weighted by Crippen LogP contribution is 2.45. The lowest BCUT2D eigenvalue weighted by atomic mass is 10.0. The van der Waals surface area contributed by atoms with Gasteiger partial charge in [0.2, 0.25) is 0 Å². The highest BCUT2D eigenvalue weighted by atomic mass is 16.6. The van der Waals surface area contributed by atoms with Gasteiger partial charge in [-0.05, 0) is 24.7 Å². The molecule has 0 heterocycles. The lowest BCUT2D eigenvalue weighted by molar-refractivity contribution is -0.506. The Morgan fingerprint density at radius 3 is 2.14 bits per heavy atom. The quantitative estimate of drug-likeness (QED) is 0.201. The lowest BCUT2D eigenvalue weighted by Gasteiger charge is -2.03. The van der Waals surface area contributed by atoms with E-state index in [1.807, 2.05) is 0 Å². The van der Waals surface area contributed by atoms with Crippen molar-refractivity contribution < 1.29 is 9.72 Å². The van der Waals surface area contributed by atoms with E-state index in [1.165, 1.54) is 51.4 Å². The molecule has 0 amide bonds. The molecule has 0 radical (unpaired) electrons. The predicted octanol–water partition coefficient (Wildman–Crippen LogP) is 4.78. The van der Waals surface area contributed by atoms with Crippen LogP contribution in [0.25, 0.3) is 0 Å². The number of nitro groups is 1. The van der Waals surface area contributed by atoms with Gasteiger partial charge in [-0.2, -0.15) is 0 Å². The third kappa shape index (κ3) is 8.18. The molecule has 4 nitrogen and oxygen atoms in total. The number of rotatable bonds is 14. The van der Waals surface area contributed by atoms with Gasteiger partial charge in [-0.25, -0.2) is 0 Å². The number of hydrogen-bond acceptors (Lipinski definition) is 3. The predicted molar refractivity (Wildman–Crippen MR) is 84.9 cm³/mol. The summed E-state index contributed by atoms with van der Waals surface area (Å²) >= 11 is 0. The van der Waals surface area contributed by atoms with Crippen LogP contribution < -0.4 is 0 Å². The summed E-state index contributed by atoms with van der Waals surface area (Å²) in [7, 11) is 0. The standard InChI is InChI=1S/C17H31NO3/c1-2-3-4-7-10-15-13-16(15)11-8-5-6-9-12-17(14-19)18(20)21/h14-17H,2-13H2,1H3. The van der Waals surface area contributed by atoms with E-state index in [-0.39, 0.29) is 0 Å². The number of hydrogen-bond donors (Lipinski definition) is 0. The topological polar surface area (TPSA) is 60.2 Å². The summed E-state index contributed by atoms with van der Waals surface area (Å²) in [4.78, 5) is 20.5. The van der Waals surface area contributed by atoms with Crippen LogP contribution >= 0.6 is 0 Å². The molecule has 1 saturated carbocycles. The minimum Gasteiger partial charge on any atom is -0.296 e. The van der Waals surface area contributed by atoms with Crippen molar-refractivity contribution in [3.8, 4) is 0 Å². The number of carbonyl (C=O) groups is 1. The van der Waals surface area contributed by atoms with E-state index in [0.717, 1.165) is 31.1 Å². The summed E-state index contributed by atoms with van der Waals surface area (Å²) in [6.45, 7) is 2.25. The Kier molecular flexibility index (Phi) is 9.27. The summed E-state index contributed by atoms with van der Waals surface area (Å²) in [5.41, 5.74) is 0. The molecule has 3 unspecified atom stereocenters. The van der Waals surface area contributed by atoms with Crippen molar-refractivity contribution in [2.75, 3.05) is 0 Å². The molecular formula is C17H31NO3. The second-order valence-electron chi connectivity index (χ2n) is 6.59. The van der Waals surface area contributed by atoms with Crippen molar-refractivity contribution in [3.63, 3.8) is 0 Å². The van der Waals surface area contributed by atoms with Crippen molar-refractivity contribution in [2.24, 2.45) is 11.8 Å². The van der Waals surface area contributed by atoms with Gasteiger partial charge in [0.15, 0.2) is 6.29 Å². The molecule has 0 aliphatic heterocycles. The fourth-order valence-electron chi connectivity index (χ4n) is 3.19. The number of unbranched alkanes of at least 4 members (excludes halogenated alkanes) is 6. The average molecular weight is 297 g/mol. The second kappa shape index (κ2) is 10.7. The Morgan fingerprint density at radius 2 is 1.62 bits per heavy atom. The Balaban J connectivity index is 1.87. The van der Waals surface area contributed by atoms with Crippen LogP contribution in [0.1, 0.15) is 84.0 Å². The van der Waals surface area contributed by atoms with Gasteiger partial charge in [0.25, 0.3) is 6.04 Å². The minimum absolute atomic E-state index is 0.403. The maximum atomic E-state index is 10.5. The Bertz CT molecular complexity index is 306. The zero-order valence-corrected chi connectivity index (χ0v) is 13.5. The largest absolute Gasteiger partial charge is 0.296 e. The smallest absolute Gasteiger partial charge is 0.267 e. The number of aldehydes is 1. The number of nitrogens with zero attached hydrogens (tertiary/aromatic N) is 1. The molecule has 0 saturated heterocycles. The van der Waals surface area contributed by atoms with Gasteiger partial charge in [-0.1, -0.05) is 64.7 Å². The van der Waals surface area contributed by atoms with Crippen LogP contribution in [0.5, 0.6) is 0 Å². The van der Waals surface area contributed by atoms with Crippen LogP contribution in [0.3, 0.4) is 0 Å². The Labute approximate surface area is 128 Å². The molecule has 0 spiro atoms. The van der Waals surface area contributed by atoms with Crippen LogP contribution in [0.15, 0.2) is 0 Å². The first kappa shape index (κ1) is 18.1. The summed E-state index contributed by atoms with van der Waals surface area (Å²) < 4.78 is 0. The molecule has 0 aromatic rings. The fraction of sp³-hybridized carbons (Fsp3) is 0.941. The van der Waals surface area contributed by atoms with Gasteiger partial charge in [-0.15, -0.1) is 0 Å². The van der Waals surface area contributed by atoms with Crippen molar-refractivity contribution in [3.05, 3.63) is 10.1 Å². The molecule has 122 valence electrons. The summed E-state index contributed by atoms with van der Waals surface area (Å²) in [5, 5.41) is 10.5. The zero-order chi connectivity index (χ0) is 15.5. The van der Waals surface area contributed by atoms with Gasteiger partial charge < -0.3 is 0 Å². The summed E-state index contributed by atoms with van der Waals surface area (Å²) in [6, 6.07) is -0.985. The van der Waals surface area contributed by atoms with E-state index in [9.17, 15) is 14.9 Å². The number of carbonyl (C=O) groups excluding carboxylic acids is 1. The molecule has 1 fully saturated rings. The highest BCUT2D eigenvalue weighted by Gasteiger charge is 2.34. The van der Waals surface area contributed by atoms with E-state index in [2.05, 4.69) is 6.92 Å². The van der Waals surface area contributed by atoms with Crippen LogP contribution in [-0.4, -0.2) is 17.3 Å². The van der Waals surface area contributed by atoms with Crippen molar-refractivity contribution in [1.82, 2.24) is 0 Å². The van der Waals surface area contributed by atoms with E-state index in [4.69, 9.17) is 0 Å². The molecule has 4 heteroatoms. The van der Waals surface area contributed by atoms with Gasteiger partial charge in [-0.3, -0.25) is 14.9 Å². The SMILES string of the molecule is CCCCCCC1CC1CCCCCCC(C=O)[N+](=O)[O-]. The first-order valence-corrected chi connectivity index (χ1v) is 8.77. The van der Waals surface area contributed by atoms with Gasteiger partial charge in [0, 0.05) is 11.3 Å². The Hall–Kier alpha value is -0.930. The molecule has 21 heavy (non-hydrogen) atoms. The molecule has 1 aliphatic carbocycles. The van der Waals surface area contributed by atoms with Gasteiger partial charge in [0.1, 0.15) is 0 Å². The zero-order valence-electron chi connectivity index (χ0n) is 13.5. The molecule has 0 aromatic heterocycles. The maximum absolute atomic E-state index is 10.5. The van der Waals surface area contributed by atoms with Crippen LogP contribution in [-0.2, 0) is 4.79 Å². The van der Waals surface area contributed by atoms with E-state index >= 15 is 0 Å². The second-order valence-corrected chi connectivity index (χ2v) is 6.59. The third-order valence-corrected chi connectivity index (χ3v) is 4.75. The Morgan fingerprint density at radius 1 is 1.05 bits per heavy atom. The van der Waals surface area contributed by atoms with Crippen LogP contribution in [0.2, 0.25) is 0 Å². The average Bonchev–Trinajstić information content (AvgIpc) is 3.21. The van der Waals surface area contributed by atoms with Gasteiger partial charge >= 0.3 is 0 Å². The van der Waals surface area contributed by atoms with Crippen molar-refractivity contribution in [2.45, 2.75) is 90.0 Å². The highest BCUT2D eigenvalue weighted by molar-refractivity contribution is 5.55. The first-order valence-electron chi connectivity index (χ1n) is 8.77. The molecule has 0 bridgehead atoms. The summed E-state index contributed by atoms with van der Waals surface area (Å²) in [5.74, 6) is 1.96. The fourth-order valence-corrected chi connectivity index (χ4v) is 3.19. The van der Waals surface area contributed by atoms with E-state index < -0.39 is 11.0 Å². The minimum atomic E-state index is -0.985. The van der Waals surface area contributed by atoms with E-state index in [1.54, 1.807) is 0 Å².